The topological polar surface area (TPSA) is 102 Å². The Kier molecular flexibility index (Phi) is 9.52. The lowest BCUT2D eigenvalue weighted by molar-refractivity contribution is -0.154. The Bertz CT molecular complexity index is 443. The van der Waals surface area contributed by atoms with Gasteiger partial charge in [0.2, 0.25) is 0 Å². The Morgan fingerprint density at radius 2 is 1.48 bits per heavy atom. The summed E-state index contributed by atoms with van der Waals surface area (Å²) in [5, 5.41) is 11.4. The van der Waals surface area contributed by atoms with Gasteiger partial charge in [0.15, 0.2) is 0 Å². The zero-order valence-electron chi connectivity index (χ0n) is 16.4. The van der Waals surface area contributed by atoms with Crippen LogP contribution in [0, 0.1) is 11.8 Å². The van der Waals surface area contributed by atoms with E-state index < -0.39 is 36.1 Å². The lowest BCUT2D eigenvalue weighted by Gasteiger charge is -2.23. The summed E-state index contributed by atoms with van der Waals surface area (Å²) in [7, 11) is 0. The maximum absolute atomic E-state index is 12.1. The number of ether oxygens (including phenoxy) is 2. The summed E-state index contributed by atoms with van der Waals surface area (Å²) in [6.45, 7) is 13.1. The SMILES string of the molecule is CC(C)CC(CC(C)C)OC(=O)C[C@H](NC(=O)OC(C)(C)C)C(=O)O. The Morgan fingerprint density at radius 3 is 1.84 bits per heavy atom. The number of aliphatic carboxylic acids is 1. The second kappa shape index (κ2) is 10.3. The number of esters is 1. The second-order valence-corrected chi connectivity index (χ2v) is 8.11. The molecule has 0 spiro atoms. The molecule has 0 aromatic heterocycles. The first-order valence-electron chi connectivity index (χ1n) is 8.72. The molecular formula is C18H33NO6. The van der Waals surface area contributed by atoms with Crippen molar-refractivity contribution in [3.8, 4) is 0 Å². The summed E-state index contributed by atoms with van der Waals surface area (Å²) in [4.78, 5) is 35.1. The molecule has 0 rings (SSSR count). The van der Waals surface area contributed by atoms with Crippen LogP contribution in [-0.4, -0.2) is 40.9 Å². The van der Waals surface area contributed by atoms with Crippen molar-refractivity contribution >= 4 is 18.0 Å². The molecule has 1 atom stereocenters. The molecule has 0 heterocycles. The maximum Gasteiger partial charge on any atom is 0.408 e. The van der Waals surface area contributed by atoms with Crippen LogP contribution in [0.1, 0.15) is 67.7 Å². The normalized spacial score (nSPS) is 13.0. The quantitative estimate of drug-likeness (QED) is 0.612. The first kappa shape index (κ1) is 23.2. The van der Waals surface area contributed by atoms with Crippen molar-refractivity contribution in [2.75, 3.05) is 0 Å². The van der Waals surface area contributed by atoms with E-state index in [0.29, 0.717) is 24.7 Å². The summed E-state index contributed by atoms with van der Waals surface area (Å²) in [5.74, 6) is -1.25. The highest BCUT2D eigenvalue weighted by atomic mass is 16.6. The smallest absolute Gasteiger partial charge is 0.408 e. The molecule has 146 valence electrons. The minimum Gasteiger partial charge on any atom is -0.480 e. The van der Waals surface area contributed by atoms with Crippen LogP contribution in [0.3, 0.4) is 0 Å². The predicted molar refractivity (Wildman–Crippen MR) is 94.2 cm³/mol. The molecule has 0 aliphatic heterocycles. The molecule has 0 saturated heterocycles. The van der Waals surface area contributed by atoms with Crippen LogP contribution in [0.15, 0.2) is 0 Å². The molecule has 0 aliphatic rings. The highest BCUT2D eigenvalue weighted by molar-refractivity contribution is 5.85. The van der Waals surface area contributed by atoms with Gasteiger partial charge in [-0.1, -0.05) is 27.7 Å². The number of carbonyl (C=O) groups is 3. The standard InChI is InChI=1S/C18H33NO6/c1-11(2)8-13(9-12(3)4)24-15(20)10-14(16(21)22)19-17(23)25-18(5,6)7/h11-14H,8-10H2,1-7H3,(H,19,23)(H,21,22)/t14-/m0/s1. The van der Waals surface area contributed by atoms with Gasteiger partial charge in [-0.15, -0.1) is 0 Å². The number of carboxylic acids is 1. The van der Waals surface area contributed by atoms with E-state index >= 15 is 0 Å². The van der Waals surface area contributed by atoms with Crippen LogP contribution in [0.4, 0.5) is 4.79 Å². The molecule has 7 heteroatoms. The number of alkyl carbamates (subject to hydrolysis) is 1. The van der Waals surface area contributed by atoms with Gasteiger partial charge in [0.25, 0.3) is 0 Å². The molecule has 0 unspecified atom stereocenters. The lowest BCUT2D eigenvalue weighted by Crippen LogP contribution is -2.45. The van der Waals surface area contributed by atoms with E-state index in [9.17, 15) is 19.5 Å². The van der Waals surface area contributed by atoms with E-state index in [1.165, 1.54) is 0 Å². The van der Waals surface area contributed by atoms with Gasteiger partial charge in [-0.2, -0.15) is 0 Å². The summed E-state index contributed by atoms with van der Waals surface area (Å²) in [6, 6.07) is -1.39. The van der Waals surface area contributed by atoms with Crippen molar-refractivity contribution < 1.29 is 29.0 Å². The zero-order chi connectivity index (χ0) is 19.8. The minimum absolute atomic E-state index is 0.261. The van der Waals surface area contributed by atoms with Crippen molar-refractivity contribution in [1.29, 1.82) is 0 Å². The molecule has 0 fully saturated rings. The first-order chi connectivity index (χ1) is 11.3. The maximum atomic E-state index is 12.1. The van der Waals surface area contributed by atoms with Crippen LogP contribution in [0.2, 0.25) is 0 Å². The average molecular weight is 359 g/mol. The Morgan fingerprint density at radius 1 is 1.00 bits per heavy atom. The third kappa shape index (κ3) is 12.3. The van der Waals surface area contributed by atoms with Crippen molar-refractivity contribution in [2.45, 2.75) is 85.5 Å². The van der Waals surface area contributed by atoms with E-state index in [0.717, 1.165) is 0 Å². The molecule has 0 saturated carbocycles. The van der Waals surface area contributed by atoms with Gasteiger partial charge in [-0.05, 0) is 45.4 Å². The molecule has 0 aliphatic carbocycles. The number of rotatable bonds is 9. The van der Waals surface area contributed by atoms with E-state index in [1.54, 1.807) is 20.8 Å². The van der Waals surface area contributed by atoms with Gasteiger partial charge in [0, 0.05) is 0 Å². The fraction of sp³-hybridized carbons (Fsp3) is 0.833. The van der Waals surface area contributed by atoms with Crippen molar-refractivity contribution in [1.82, 2.24) is 5.32 Å². The average Bonchev–Trinajstić information content (AvgIpc) is 2.33. The van der Waals surface area contributed by atoms with Gasteiger partial charge in [0.1, 0.15) is 17.7 Å². The third-order valence-corrected chi connectivity index (χ3v) is 3.13. The summed E-state index contributed by atoms with van der Waals surface area (Å²) < 4.78 is 10.5. The Balaban J connectivity index is 4.75. The van der Waals surface area contributed by atoms with E-state index in [4.69, 9.17) is 9.47 Å². The summed E-state index contributed by atoms with van der Waals surface area (Å²) >= 11 is 0. The van der Waals surface area contributed by atoms with Crippen molar-refractivity contribution in [3.05, 3.63) is 0 Å². The molecule has 2 N–H and O–H groups in total. The number of hydrogen-bond donors (Lipinski definition) is 2. The van der Waals surface area contributed by atoms with Crippen molar-refractivity contribution in [2.24, 2.45) is 11.8 Å². The Hall–Kier alpha value is -1.79. The number of nitrogens with one attached hydrogen (secondary N) is 1. The monoisotopic (exact) mass is 359 g/mol. The van der Waals surface area contributed by atoms with Gasteiger partial charge >= 0.3 is 18.0 Å². The number of amides is 1. The molecule has 25 heavy (non-hydrogen) atoms. The number of carbonyl (C=O) groups excluding carboxylic acids is 2. The van der Waals surface area contributed by atoms with Gasteiger partial charge in [0.05, 0.1) is 6.42 Å². The van der Waals surface area contributed by atoms with Gasteiger partial charge in [-0.25, -0.2) is 9.59 Å². The van der Waals surface area contributed by atoms with Crippen LogP contribution in [0.5, 0.6) is 0 Å². The summed E-state index contributed by atoms with van der Waals surface area (Å²) in [6.07, 6.45) is -0.166. The molecule has 0 aromatic carbocycles. The van der Waals surface area contributed by atoms with Gasteiger partial charge in [-0.3, -0.25) is 4.79 Å². The Labute approximate surface area is 150 Å². The zero-order valence-corrected chi connectivity index (χ0v) is 16.4. The largest absolute Gasteiger partial charge is 0.480 e. The van der Waals surface area contributed by atoms with Gasteiger partial charge < -0.3 is 19.9 Å². The van der Waals surface area contributed by atoms with E-state index in [2.05, 4.69) is 5.32 Å². The lowest BCUT2D eigenvalue weighted by atomic mass is 9.98. The summed E-state index contributed by atoms with van der Waals surface area (Å²) in [5.41, 5.74) is -0.757. The van der Waals surface area contributed by atoms with Crippen LogP contribution in [0.25, 0.3) is 0 Å². The number of carboxylic acid groups (broad SMARTS) is 1. The first-order valence-corrected chi connectivity index (χ1v) is 8.72. The second-order valence-electron chi connectivity index (χ2n) is 8.11. The molecule has 0 radical (unpaired) electrons. The highest BCUT2D eigenvalue weighted by Gasteiger charge is 2.28. The number of hydrogen-bond acceptors (Lipinski definition) is 5. The molecule has 1 amide bonds. The molecule has 0 bridgehead atoms. The van der Waals surface area contributed by atoms with E-state index in [-0.39, 0.29) is 6.10 Å². The fourth-order valence-corrected chi connectivity index (χ4v) is 2.29. The molecule has 0 aromatic rings. The van der Waals surface area contributed by atoms with Crippen LogP contribution in [-0.2, 0) is 19.1 Å². The third-order valence-electron chi connectivity index (χ3n) is 3.13. The van der Waals surface area contributed by atoms with Crippen molar-refractivity contribution in [3.63, 3.8) is 0 Å². The van der Waals surface area contributed by atoms with Crippen LogP contribution >= 0.6 is 0 Å². The van der Waals surface area contributed by atoms with Crippen LogP contribution < -0.4 is 5.32 Å². The minimum atomic E-state index is -1.39. The molecule has 7 nitrogen and oxygen atoms in total. The highest BCUT2D eigenvalue weighted by Crippen LogP contribution is 2.17. The van der Waals surface area contributed by atoms with E-state index in [1.807, 2.05) is 27.7 Å². The predicted octanol–water partition coefficient (Wildman–Crippen LogP) is 3.36. The fourth-order valence-electron chi connectivity index (χ4n) is 2.29. The molecular weight excluding hydrogens is 326 g/mol.